The van der Waals surface area contributed by atoms with E-state index >= 15 is 0 Å². The molecule has 1 saturated heterocycles. The number of nitrogens with zero attached hydrogens (tertiary/aromatic N) is 2. The summed E-state index contributed by atoms with van der Waals surface area (Å²) >= 11 is 0. The number of unbranched alkanes of at least 4 members (excludes halogenated alkanes) is 1. The summed E-state index contributed by atoms with van der Waals surface area (Å²) in [6, 6.07) is 7.12. The Morgan fingerprint density at radius 3 is 2.75 bits per heavy atom. The van der Waals surface area contributed by atoms with E-state index in [4.69, 9.17) is 4.74 Å². The van der Waals surface area contributed by atoms with Crippen molar-refractivity contribution in [3.8, 4) is 5.75 Å². The van der Waals surface area contributed by atoms with Gasteiger partial charge in [-0.1, -0.05) is 31.9 Å². The van der Waals surface area contributed by atoms with Crippen LogP contribution in [0.25, 0.3) is 0 Å². The Hall–Kier alpha value is -2.87. The number of hydrogen-bond donors (Lipinski definition) is 3. The predicted octanol–water partition coefficient (Wildman–Crippen LogP) is 3.83. The highest BCUT2D eigenvalue weighted by molar-refractivity contribution is 5.96. The molecule has 0 aliphatic carbocycles. The first kappa shape index (κ1) is 26.2. The topological polar surface area (TPSA) is 99.3 Å². The van der Waals surface area contributed by atoms with Gasteiger partial charge in [0.1, 0.15) is 18.2 Å². The fraction of sp³-hybridized carbons (Fsp3) is 0.607. The zero-order chi connectivity index (χ0) is 25.4. The van der Waals surface area contributed by atoms with Gasteiger partial charge < -0.3 is 20.4 Å². The van der Waals surface area contributed by atoms with Gasteiger partial charge in [-0.2, -0.15) is 0 Å². The van der Waals surface area contributed by atoms with Crippen LogP contribution in [0.4, 0.5) is 0 Å². The van der Waals surface area contributed by atoms with Crippen LogP contribution in [0, 0.1) is 5.41 Å². The van der Waals surface area contributed by atoms with Gasteiger partial charge in [0.2, 0.25) is 5.91 Å². The molecule has 0 radical (unpaired) electrons. The number of carbonyl (C=O) groups excluding carboxylic acids is 2. The number of piperidine rings is 1. The standard InChI is InChI=1S/C28H41N5O3/c1-3-4-11-25-30-18-22(32-25)19-33-16-13-28(14-17-33)12-7-8-15-29-26(34)23-9-5-6-10-24(23)36-20-21(2)31-27(28)35/h5-6,9-10,18,21H,3-4,7-8,11-17,19-20H2,1-2H3,(H,29,34)(H,30,32)(H,31,35)/t21-/m1/s1. The molecule has 1 atom stereocenters. The lowest BCUT2D eigenvalue weighted by Gasteiger charge is -2.41. The number of amides is 2. The lowest BCUT2D eigenvalue weighted by atomic mass is 9.73. The molecule has 36 heavy (non-hydrogen) atoms. The highest BCUT2D eigenvalue weighted by Crippen LogP contribution is 2.37. The number of hydrogen-bond acceptors (Lipinski definition) is 5. The molecule has 2 aromatic rings. The van der Waals surface area contributed by atoms with Crippen LogP contribution in [0.2, 0.25) is 0 Å². The maximum absolute atomic E-state index is 13.6. The third kappa shape index (κ3) is 6.66. The maximum Gasteiger partial charge on any atom is 0.255 e. The van der Waals surface area contributed by atoms with Crippen molar-refractivity contribution in [2.45, 2.75) is 77.8 Å². The fourth-order valence-corrected chi connectivity index (χ4v) is 5.23. The molecule has 2 aliphatic rings. The maximum atomic E-state index is 13.6. The molecule has 0 saturated carbocycles. The number of imidazole rings is 1. The van der Waals surface area contributed by atoms with Gasteiger partial charge in [0.25, 0.3) is 5.91 Å². The Morgan fingerprint density at radius 1 is 1.14 bits per heavy atom. The minimum Gasteiger partial charge on any atom is -0.491 e. The molecule has 1 spiro atoms. The number of rotatable bonds is 5. The van der Waals surface area contributed by atoms with E-state index in [-0.39, 0.29) is 23.3 Å². The quantitative estimate of drug-likeness (QED) is 0.586. The molecule has 2 amide bonds. The fourth-order valence-electron chi connectivity index (χ4n) is 5.23. The van der Waals surface area contributed by atoms with Gasteiger partial charge in [0.15, 0.2) is 0 Å². The second-order valence-electron chi connectivity index (χ2n) is 10.4. The summed E-state index contributed by atoms with van der Waals surface area (Å²) in [6.07, 6.45) is 9.50. The van der Waals surface area contributed by atoms with Crippen molar-refractivity contribution in [1.82, 2.24) is 25.5 Å². The molecule has 0 unspecified atom stereocenters. The summed E-state index contributed by atoms with van der Waals surface area (Å²) in [7, 11) is 0. The molecule has 1 fully saturated rings. The lowest BCUT2D eigenvalue weighted by Crippen LogP contribution is -2.51. The van der Waals surface area contributed by atoms with Gasteiger partial charge in [-0.25, -0.2) is 4.98 Å². The summed E-state index contributed by atoms with van der Waals surface area (Å²) in [5.74, 6) is 1.64. The summed E-state index contributed by atoms with van der Waals surface area (Å²) in [4.78, 5) is 36.7. The number of aryl methyl sites for hydroxylation is 1. The van der Waals surface area contributed by atoms with Crippen molar-refractivity contribution in [2.24, 2.45) is 5.41 Å². The van der Waals surface area contributed by atoms with Crippen LogP contribution in [0.5, 0.6) is 5.75 Å². The zero-order valence-corrected chi connectivity index (χ0v) is 21.8. The average Bonchev–Trinajstić information content (AvgIpc) is 3.33. The minimum atomic E-state index is -0.378. The Bertz CT molecular complexity index is 1010. The average molecular weight is 496 g/mol. The van der Waals surface area contributed by atoms with Crippen molar-refractivity contribution in [3.05, 3.63) is 47.5 Å². The summed E-state index contributed by atoms with van der Waals surface area (Å²) < 4.78 is 5.96. The molecular weight excluding hydrogens is 454 g/mol. The molecule has 0 bridgehead atoms. The molecule has 196 valence electrons. The van der Waals surface area contributed by atoms with Crippen LogP contribution in [0.1, 0.15) is 80.7 Å². The van der Waals surface area contributed by atoms with Crippen molar-refractivity contribution < 1.29 is 14.3 Å². The third-order valence-corrected chi connectivity index (χ3v) is 7.50. The number of aromatic nitrogens is 2. The van der Waals surface area contributed by atoms with E-state index in [1.807, 2.05) is 25.3 Å². The van der Waals surface area contributed by atoms with Crippen LogP contribution in [-0.4, -0.2) is 59.0 Å². The smallest absolute Gasteiger partial charge is 0.255 e. The monoisotopic (exact) mass is 495 g/mol. The molecular formula is C28H41N5O3. The summed E-state index contributed by atoms with van der Waals surface area (Å²) in [6.45, 7) is 7.66. The second-order valence-corrected chi connectivity index (χ2v) is 10.4. The van der Waals surface area contributed by atoms with Crippen LogP contribution in [0.3, 0.4) is 0 Å². The third-order valence-electron chi connectivity index (χ3n) is 7.50. The first-order chi connectivity index (χ1) is 17.5. The number of nitrogens with one attached hydrogen (secondary N) is 3. The van der Waals surface area contributed by atoms with E-state index in [1.165, 1.54) is 0 Å². The number of para-hydroxylation sites is 1. The summed E-state index contributed by atoms with van der Waals surface area (Å²) in [5.41, 5.74) is 1.30. The highest BCUT2D eigenvalue weighted by atomic mass is 16.5. The molecule has 1 aromatic carbocycles. The van der Waals surface area contributed by atoms with Crippen molar-refractivity contribution in [3.63, 3.8) is 0 Å². The number of benzene rings is 1. The number of carbonyl (C=O) groups is 2. The first-order valence-electron chi connectivity index (χ1n) is 13.6. The van der Waals surface area contributed by atoms with Crippen LogP contribution in [0.15, 0.2) is 30.5 Å². The largest absolute Gasteiger partial charge is 0.491 e. The number of likely N-dealkylation sites (tertiary alicyclic amines) is 1. The van der Waals surface area contributed by atoms with E-state index in [9.17, 15) is 9.59 Å². The van der Waals surface area contributed by atoms with E-state index in [0.29, 0.717) is 24.5 Å². The number of ether oxygens (including phenoxy) is 1. The number of H-pyrrole nitrogens is 1. The van der Waals surface area contributed by atoms with E-state index < -0.39 is 0 Å². The Kier molecular flexibility index (Phi) is 9.02. The highest BCUT2D eigenvalue weighted by Gasteiger charge is 2.41. The Balaban J connectivity index is 1.38. The minimum absolute atomic E-state index is 0.112. The number of fused-ring (bicyclic) bond motifs is 1. The Morgan fingerprint density at radius 2 is 1.94 bits per heavy atom. The van der Waals surface area contributed by atoms with E-state index in [2.05, 4.69) is 32.4 Å². The molecule has 4 rings (SSSR count). The van der Waals surface area contributed by atoms with Gasteiger partial charge in [0.05, 0.1) is 17.0 Å². The lowest BCUT2D eigenvalue weighted by molar-refractivity contribution is -0.135. The zero-order valence-electron chi connectivity index (χ0n) is 21.8. The van der Waals surface area contributed by atoms with Crippen LogP contribution < -0.4 is 15.4 Å². The van der Waals surface area contributed by atoms with E-state index in [0.717, 1.165) is 82.5 Å². The second kappa shape index (κ2) is 12.4. The van der Waals surface area contributed by atoms with Crippen molar-refractivity contribution in [1.29, 1.82) is 0 Å². The predicted molar refractivity (Wildman–Crippen MR) is 140 cm³/mol. The SMILES string of the molecule is CCCCc1ncc(CN2CCC3(CCCCNC(=O)c4ccccc4OC[C@@H](C)NC3=O)CC2)[nH]1. The number of aromatic amines is 1. The van der Waals surface area contributed by atoms with Gasteiger partial charge in [-0.3, -0.25) is 14.5 Å². The van der Waals surface area contributed by atoms with Gasteiger partial charge >= 0.3 is 0 Å². The molecule has 3 N–H and O–H groups in total. The molecule has 1 aromatic heterocycles. The van der Waals surface area contributed by atoms with Gasteiger partial charge in [0, 0.05) is 31.4 Å². The first-order valence-corrected chi connectivity index (χ1v) is 13.6. The normalized spacial score (nSPS) is 21.7. The molecule has 2 aliphatic heterocycles. The van der Waals surface area contributed by atoms with Gasteiger partial charge in [-0.05, 0) is 64.3 Å². The molecule has 8 heteroatoms. The van der Waals surface area contributed by atoms with Gasteiger partial charge in [-0.15, -0.1) is 0 Å². The van der Waals surface area contributed by atoms with E-state index in [1.54, 1.807) is 12.1 Å². The Labute approximate surface area is 214 Å². The van der Waals surface area contributed by atoms with Crippen LogP contribution in [-0.2, 0) is 17.8 Å². The van der Waals surface area contributed by atoms with Crippen molar-refractivity contribution in [2.75, 3.05) is 26.2 Å². The van der Waals surface area contributed by atoms with Crippen LogP contribution >= 0.6 is 0 Å². The van der Waals surface area contributed by atoms with Crippen molar-refractivity contribution >= 4 is 11.8 Å². The molecule has 8 nitrogen and oxygen atoms in total. The molecule has 3 heterocycles. The summed E-state index contributed by atoms with van der Waals surface area (Å²) in [5, 5.41) is 6.24.